The van der Waals surface area contributed by atoms with E-state index < -0.39 is 21.5 Å². The fourth-order valence-corrected chi connectivity index (χ4v) is 5.03. The molecule has 1 aliphatic heterocycles. The Bertz CT molecular complexity index is 680. The van der Waals surface area contributed by atoms with Gasteiger partial charge in [0.05, 0.1) is 12.6 Å². The first-order chi connectivity index (χ1) is 9.72. The highest BCUT2D eigenvalue weighted by atomic mass is 32.2. The Morgan fingerprint density at radius 3 is 2.81 bits per heavy atom. The number of hydrogen-bond acceptors (Lipinski definition) is 7. The van der Waals surface area contributed by atoms with Crippen LogP contribution in [0.5, 0.6) is 0 Å². The molecule has 1 aromatic rings. The van der Waals surface area contributed by atoms with Gasteiger partial charge >= 0.3 is 5.97 Å². The van der Waals surface area contributed by atoms with Gasteiger partial charge in [-0.05, 0) is 13.8 Å². The normalized spacial score (nSPS) is 19.1. The lowest BCUT2D eigenvalue weighted by Crippen LogP contribution is -2.63. The molecule has 1 aliphatic rings. The van der Waals surface area contributed by atoms with Gasteiger partial charge in [-0.25, -0.2) is 18.2 Å². The van der Waals surface area contributed by atoms with Crippen LogP contribution < -0.4 is 5.32 Å². The number of carbonyl (C=O) groups is 2. The minimum atomic E-state index is -4.02. The molecule has 8 nitrogen and oxygen atoms in total. The third-order valence-electron chi connectivity index (χ3n) is 3.22. The molecule has 0 atom stereocenters. The number of piperazine rings is 1. The number of amides is 1. The van der Waals surface area contributed by atoms with Crippen LogP contribution in [0.25, 0.3) is 0 Å². The number of esters is 1. The average Bonchev–Trinajstić information content (AvgIpc) is 2.90. The van der Waals surface area contributed by atoms with Gasteiger partial charge in [0.15, 0.2) is 9.90 Å². The first kappa shape index (κ1) is 15.9. The first-order valence-corrected chi connectivity index (χ1v) is 8.38. The average molecular weight is 333 g/mol. The second kappa shape index (κ2) is 5.35. The number of methoxy groups -OCH3 is 1. The van der Waals surface area contributed by atoms with Gasteiger partial charge in [0.25, 0.3) is 10.0 Å². The lowest BCUT2D eigenvalue weighted by molar-refractivity contribution is -0.131. The van der Waals surface area contributed by atoms with Crippen molar-refractivity contribution in [1.82, 2.24) is 14.6 Å². The molecule has 1 saturated heterocycles. The molecule has 0 unspecified atom stereocenters. The van der Waals surface area contributed by atoms with Crippen LogP contribution in [-0.2, 0) is 19.6 Å². The monoisotopic (exact) mass is 333 g/mol. The van der Waals surface area contributed by atoms with Crippen molar-refractivity contribution in [2.75, 3.05) is 20.2 Å². The molecule has 0 aromatic carbocycles. The van der Waals surface area contributed by atoms with Crippen LogP contribution in [0.15, 0.2) is 9.72 Å². The minimum Gasteiger partial charge on any atom is -0.464 e. The zero-order valence-electron chi connectivity index (χ0n) is 11.7. The van der Waals surface area contributed by atoms with Crippen LogP contribution in [0, 0.1) is 0 Å². The third-order valence-corrected chi connectivity index (χ3v) is 6.64. The highest BCUT2D eigenvalue weighted by molar-refractivity contribution is 7.91. The van der Waals surface area contributed by atoms with Crippen molar-refractivity contribution in [2.45, 2.75) is 23.6 Å². The largest absolute Gasteiger partial charge is 0.464 e. The molecule has 0 aliphatic carbocycles. The summed E-state index contributed by atoms with van der Waals surface area (Å²) < 4.78 is 30.9. The van der Waals surface area contributed by atoms with Crippen LogP contribution in [0.4, 0.5) is 0 Å². The standard InChI is InChI=1S/C11H15N3O5S2/c1-11(2)10(16)12-4-5-14(11)21(17,18)9-7(8(15)19-3)13-6-20-9/h6H,4-5H2,1-3H3,(H,12,16). The molecule has 1 fully saturated rings. The van der Waals surface area contributed by atoms with E-state index in [0.717, 1.165) is 22.8 Å². The Morgan fingerprint density at radius 1 is 1.52 bits per heavy atom. The van der Waals surface area contributed by atoms with Crippen molar-refractivity contribution in [3.63, 3.8) is 0 Å². The van der Waals surface area contributed by atoms with Crippen molar-refractivity contribution in [2.24, 2.45) is 0 Å². The summed E-state index contributed by atoms with van der Waals surface area (Å²) in [6.45, 7) is 3.36. The maximum atomic E-state index is 12.8. The fourth-order valence-electron chi connectivity index (χ4n) is 2.05. The number of aromatic nitrogens is 1. The molecule has 116 valence electrons. The second-order valence-corrected chi connectivity index (χ2v) is 7.78. The SMILES string of the molecule is COC(=O)c1ncsc1S(=O)(=O)N1CCNC(=O)C1(C)C. The lowest BCUT2D eigenvalue weighted by Gasteiger charge is -2.39. The van der Waals surface area contributed by atoms with Gasteiger partial charge < -0.3 is 10.1 Å². The molecule has 1 amide bonds. The predicted molar refractivity (Wildman–Crippen MR) is 74.4 cm³/mol. The Morgan fingerprint density at radius 2 is 2.19 bits per heavy atom. The summed E-state index contributed by atoms with van der Waals surface area (Å²) in [7, 11) is -2.87. The summed E-state index contributed by atoms with van der Waals surface area (Å²) in [5, 5.41) is 2.62. The molecule has 0 radical (unpaired) electrons. The number of nitrogens with zero attached hydrogens (tertiary/aromatic N) is 2. The molecule has 1 aromatic heterocycles. The molecule has 2 heterocycles. The number of nitrogens with one attached hydrogen (secondary N) is 1. The van der Waals surface area contributed by atoms with Crippen LogP contribution >= 0.6 is 11.3 Å². The van der Waals surface area contributed by atoms with Gasteiger partial charge in [-0.3, -0.25) is 4.79 Å². The summed E-state index contributed by atoms with van der Waals surface area (Å²) in [5.41, 5.74) is -0.241. The lowest BCUT2D eigenvalue weighted by atomic mass is 10.0. The quantitative estimate of drug-likeness (QED) is 0.770. The van der Waals surface area contributed by atoms with E-state index >= 15 is 0 Å². The van der Waals surface area contributed by atoms with Gasteiger partial charge in [0.2, 0.25) is 5.91 Å². The van der Waals surface area contributed by atoms with Crippen LogP contribution in [0.3, 0.4) is 0 Å². The molecule has 1 N–H and O–H groups in total. The number of ether oxygens (including phenoxy) is 1. The van der Waals surface area contributed by atoms with Crippen LogP contribution in [-0.4, -0.2) is 55.3 Å². The Labute approximate surface area is 126 Å². The van der Waals surface area contributed by atoms with Crippen molar-refractivity contribution >= 4 is 33.2 Å². The van der Waals surface area contributed by atoms with E-state index in [1.165, 1.54) is 19.4 Å². The van der Waals surface area contributed by atoms with E-state index in [-0.39, 0.29) is 28.9 Å². The Kier molecular flexibility index (Phi) is 4.04. The summed E-state index contributed by atoms with van der Waals surface area (Å²) in [6.07, 6.45) is 0. The number of rotatable bonds is 3. The maximum absolute atomic E-state index is 12.8. The highest BCUT2D eigenvalue weighted by Gasteiger charge is 2.46. The Hall–Kier alpha value is -1.52. The van der Waals surface area contributed by atoms with Crippen molar-refractivity contribution in [1.29, 1.82) is 0 Å². The number of sulfonamides is 1. The first-order valence-electron chi connectivity index (χ1n) is 6.06. The number of hydrogen-bond donors (Lipinski definition) is 1. The minimum absolute atomic E-state index is 0.125. The highest BCUT2D eigenvalue weighted by Crippen LogP contribution is 2.30. The zero-order valence-corrected chi connectivity index (χ0v) is 13.4. The molecular weight excluding hydrogens is 318 g/mol. The third kappa shape index (κ3) is 2.54. The Balaban J connectivity index is 2.50. The molecule has 21 heavy (non-hydrogen) atoms. The number of carbonyl (C=O) groups excluding carboxylic acids is 2. The molecule has 0 saturated carbocycles. The van der Waals surface area contributed by atoms with Crippen LogP contribution in [0.2, 0.25) is 0 Å². The molecule has 0 spiro atoms. The van der Waals surface area contributed by atoms with E-state index in [9.17, 15) is 18.0 Å². The van der Waals surface area contributed by atoms with Gasteiger partial charge in [-0.15, -0.1) is 11.3 Å². The van der Waals surface area contributed by atoms with E-state index in [1.807, 2.05) is 0 Å². The summed E-state index contributed by atoms with van der Waals surface area (Å²) in [6, 6.07) is 0. The van der Waals surface area contributed by atoms with Crippen molar-refractivity contribution in [3.8, 4) is 0 Å². The van der Waals surface area contributed by atoms with Gasteiger partial charge in [0, 0.05) is 13.1 Å². The van der Waals surface area contributed by atoms with E-state index in [4.69, 9.17) is 0 Å². The van der Waals surface area contributed by atoms with Crippen molar-refractivity contribution < 1.29 is 22.7 Å². The molecular formula is C11H15N3O5S2. The predicted octanol–water partition coefficient (Wildman–Crippen LogP) is -0.171. The maximum Gasteiger partial charge on any atom is 0.358 e. The summed E-state index contributed by atoms with van der Waals surface area (Å²) in [4.78, 5) is 27.3. The topological polar surface area (TPSA) is 106 Å². The smallest absolute Gasteiger partial charge is 0.358 e. The van der Waals surface area contributed by atoms with E-state index in [1.54, 1.807) is 0 Å². The number of thiazole rings is 1. The summed E-state index contributed by atoms with van der Waals surface area (Å²) >= 11 is 0.823. The molecule has 2 rings (SSSR count). The second-order valence-electron chi connectivity index (χ2n) is 4.87. The van der Waals surface area contributed by atoms with Crippen molar-refractivity contribution in [3.05, 3.63) is 11.2 Å². The fraction of sp³-hybridized carbons (Fsp3) is 0.545. The van der Waals surface area contributed by atoms with E-state index in [2.05, 4.69) is 15.0 Å². The van der Waals surface area contributed by atoms with Gasteiger partial charge in [0.1, 0.15) is 5.54 Å². The molecule has 0 bridgehead atoms. The van der Waals surface area contributed by atoms with Gasteiger partial charge in [-0.1, -0.05) is 0 Å². The summed E-state index contributed by atoms with van der Waals surface area (Å²) in [5.74, 6) is -1.21. The van der Waals surface area contributed by atoms with Crippen LogP contribution in [0.1, 0.15) is 24.3 Å². The molecule has 10 heteroatoms. The van der Waals surface area contributed by atoms with Gasteiger partial charge in [-0.2, -0.15) is 4.31 Å². The van der Waals surface area contributed by atoms with E-state index in [0.29, 0.717) is 0 Å². The zero-order chi connectivity index (χ0) is 15.8.